The first-order valence-electron chi connectivity index (χ1n) is 6.18. The van der Waals surface area contributed by atoms with Crippen LogP contribution in [0, 0.1) is 13.8 Å². The van der Waals surface area contributed by atoms with Gasteiger partial charge in [0.15, 0.2) is 0 Å². The van der Waals surface area contributed by atoms with Crippen LogP contribution in [0.15, 0.2) is 23.1 Å². The van der Waals surface area contributed by atoms with Gasteiger partial charge in [-0.05, 0) is 38.3 Å². The van der Waals surface area contributed by atoms with E-state index in [1.54, 1.807) is 11.8 Å². The third-order valence-electron chi connectivity index (χ3n) is 3.10. The molecule has 1 amide bonds. The van der Waals surface area contributed by atoms with Gasteiger partial charge in [-0.3, -0.25) is 4.79 Å². The average Bonchev–Trinajstić information content (AvgIpc) is 2.50. The molecule has 0 aromatic heterocycles. The maximum Gasteiger partial charge on any atom is 0.233 e. The predicted molar refractivity (Wildman–Crippen MR) is 72.4 cm³/mol. The molecular weight excluding hydrogens is 230 g/mol. The van der Waals surface area contributed by atoms with Gasteiger partial charge in [-0.25, -0.2) is 0 Å². The Morgan fingerprint density at radius 3 is 2.94 bits per heavy atom. The minimum absolute atomic E-state index is 0.0815. The predicted octanol–water partition coefficient (Wildman–Crippen LogP) is 3.06. The highest BCUT2D eigenvalue weighted by molar-refractivity contribution is 8.00. The fourth-order valence-electron chi connectivity index (χ4n) is 2.01. The Bertz CT molecular complexity index is 417. The molecule has 0 aliphatic carbocycles. The number of aryl methyl sites for hydroxylation is 2. The molecule has 0 spiro atoms. The third-order valence-corrected chi connectivity index (χ3v) is 4.53. The second-order valence-electron chi connectivity index (χ2n) is 4.66. The van der Waals surface area contributed by atoms with Crippen LogP contribution in [0.2, 0.25) is 0 Å². The first kappa shape index (κ1) is 12.5. The number of hydrogen-bond acceptors (Lipinski definition) is 2. The Hall–Kier alpha value is -0.960. The van der Waals surface area contributed by atoms with E-state index < -0.39 is 0 Å². The van der Waals surface area contributed by atoms with E-state index >= 15 is 0 Å². The molecule has 92 valence electrons. The zero-order valence-corrected chi connectivity index (χ0v) is 11.3. The lowest BCUT2D eigenvalue weighted by molar-refractivity contribution is -0.120. The topological polar surface area (TPSA) is 29.1 Å². The molecule has 0 unspecified atom stereocenters. The highest BCUT2D eigenvalue weighted by Gasteiger charge is 2.22. The summed E-state index contributed by atoms with van der Waals surface area (Å²) in [6, 6.07) is 6.43. The number of amides is 1. The first-order chi connectivity index (χ1) is 8.16. The summed E-state index contributed by atoms with van der Waals surface area (Å²) in [5, 5.41) is 3.07. The Morgan fingerprint density at radius 1 is 1.29 bits per heavy atom. The highest BCUT2D eigenvalue weighted by Crippen LogP contribution is 2.31. The van der Waals surface area contributed by atoms with E-state index in [0.717, 1.165) is 25.8 Å². The van der Waals surface area contributed by atoms with Crippen LogP contribution in [0.4, 0.5) is 0 Å². The van der Waals surface area contributed by atoms with E-state index in [1.807, 2.05) is 0 Å². The molecule has 1 aliphatic rings. The molecule has 1 heterocycles. The van der Waals surface area contributed by atoms with Gasteiger partial charge >= 0.3 is 0 Å². The summed E-state index contributed by atoms with van der Waals surface area (Å²) in [6.45, 7) is 5.04. The molecule has 2 rings (SSSR count). The van der Waals surface area contributed by atoms with Crippen molar-refractivity contribution < 1.29 is 4.79 Å². The lowest BCUT2D eigenvalue weighted by Crippen LogP contribution is -2.30. The second-order valence-corrected chi connectivity index (χ2v) is 5.91. The van der Waals surface area contributed by atoms with Gasteiger partial charge in [0.25, 0.3) is 0 Å². The Morgan fingerprint density at radius 2 is 2.12 bits per heavy atom. The molecule has 0 radical (unpaired) electrons. The van der Waals surface area contributed by atoms with Crippen molar-refractivity contribution >= 4 is 17.7 Å². The summed E-state index contributed by atoms with van der Waals surface area (Å²) in [7, 11) is 0. The van der Waals surface area contributed by atoms with Crippen molar-refractivity contribution in [2.24, 2.45) is 0 Å². The van der Waals surface area contributed by atoms with Gasteiger partial charge in [0.2, 0.25) is 5.91 Å². The normalized spacial score (nSPS) is 20.8. The summed E-state index contributed by atoms with van der Waals surface area (Å²) in [4.78, 5) is 13.1. The molecule has 1 atom stereocenters. The SMILES string of the molecule is Cc1ccc(C)c(S[C@H]2CCCCNC2=O)c1. The fraction of sp³-hybridized carbons (Fsp3) is 0.500. The molecule has 1 fully saturated rings. The lowest BCUT2D eigenvalue weighted by atomic mass is 10.2. The van der Waals surface area contributed by atoms with E-state index in [9.17, 15) is 4.79 Å². The summed E-state index contributed by atoms with van der Waals surface area (Å²) >= 11 is 1.71. The maximum absolute atomic E-state index is 11.9. The van der Waals surface area contributed by atoms with Gasteiger partial charge in [-0.1, -0.05) is 24.1 Å². The molecule has 1 saturated heterocycles. The monoisotopic (exact) mass is 249 g/mol. The lowest BCUT2D eigenvalue weighted by Gasteiger charge is -2.14. The summed E-state index contributed by atoms with van der Waals surface area (Å²) in [6.07, 6.45) is 3.24. The van der Waals surface area contributed by atoms with Gasteiger partial charge in [-0.2, -0.15) is 0 Å². The summed E-state index contributed by atoms with van der Waals surface area (Å²) < 4.78 is 0. The van der Waals surface area contributed by atoms with Crippen LogP contribution in [0.5, 0.6) is 0 Å². The molecule has 1 aromatic rings. The zero-order chi connectivity index (χ0) is 12.3. The van der Waals surface area contributed by atoms with Crippen molar-refractivity contribution in [1.29, 1.82) is 0 Å². The van der Waals surface area contributed by atoms with Crippen LogP contribution in [0.3, 0.4) is 0 Å². The number of benzene rings is 1. The van der Waals surface area contributed by atoms with E-state index in [2.05, 4.69) is 37.4 Å². The molecule has 0 saturated carbocycles. The molecule has 1 aliphatic heterocycles. The van der Waals surface area contributed by atoms with Gasteiger partial charge < -0.3 is 5.32 Å². The molecule has 3 heteroatoms. The van der Waals surface area contributed by atoms with Gasteiger partial charge in [0.1, 0.15) is 0 Å². The quantitative estimate of drug-likeness (QED) is 0.872. The number of carbonyl (C=O) groups excluding carboxylic acids is 1. The molecule has 1 N–H and O–H groups in total. The van der Waals surface area contributed by atoms with E-state index in [-0.39, 0.29) is 11.2 Å². The Labute approximate surface area is 107 Å². The van der Waals surface area contributed by atoms with E-state index in [1.165, 1.54) is 16.0 Å². The number of hydrogen-bond donors (Lipinski definition) is 1. The number of rotatable bonds is 2. The highest BCUT2D eigenvalue weighted by atomic mass is 32.2. The van der Waals surface area contributed by atoms with Crippen LogP contribution < -0.4 is 5.32 Å². The molecule has 17 heavy (non-hydrogen) atoms. The number of thioether (sulfide) groups is 1. The number of nitrogens with one attached hydrogen (secondary N) is 1. The Balaban J connectivity index is 2.13. The zero-order valence-electron chi connectivity index (χ0n) is 10.5. The van der Waals surface area contributed by atoms with Crippen LogP contribution in [-0.4, -0.2) is 17.7 Å². The van der Waals surface area contributed by atoms with E-state index in [4.69, 9.17) is 0 Å². The Kier molecular flexibility index (Phi) is 4.11. The fourth-order valence-corrected chi connectivity index (χ4v) is 3.30. The standard InChI is InChI=1S/C14H19NOS/c1-10-6-7-11(2)13(9-10)17-12-5-3-4-8-15-14(12)16/h6-7,9,12H,3-5,8H2,1-2H3,(H,15,16)/t12-/m0/s1. The molecule has 1 aromatic carbocycles. The maximum atomic E-state index is 11.9. The summed E-state index contributed by atoms with van der Waals surface area (Å²) in [5.41, 5.74) is 2.52. The number of carbonyl (C=O) groups is 1. The smallest absolute Gasteiger partial charge is 0.233 e. The molecular formula is C14H19NOS. The van der Waals surface area contributed by atoms with Crippen LogP contribution in [-0.2, 0) is 4.79 Å². The van der Waals surface area contributed by atoms with Crippen LogP contribution in [0.1, 0.15) is 30.4 Å². The second kappa shape index (κ2) is 5.58. The largest absolute Gasteiger partial charge is 0.355 e. The van der Waals surface area contributed by atoms with Crippen molar-refractivity contribution in [3.8, 4) is 0 Å². The van der Waals surface area contributed by atoms with E-state index in [0.29, 0.717) is 0 Å². The average molecular weight is 249 g/mol. The molecule has 2 nitrogen and oxygen atoms in total. The van der Waals surface area contributed by atoms with Crippen LogP contribution >= 0.6 is 11.8 Å². The third kappa shape index (κ3) is 3.25. The van der Waals surface area contributed by atoms with Crippen molar-refractivity contribution in [2.45, 2.75) is 43.3 Å². The molecule has 0 bridgehead atoms. The van der Waals surface area contributed by atoms with Crippen molar-refractivity contribution in [3.05, 3.63) is 29.3 Å². The van der Waals surface area contributed by atoms with Gasteiger partial charge in [0.05, 0.1) is 5.25 Å². The van der Waals surface area contributed by atoms with Crippen molar-refractivity contribution in [3.63, 3.8) is 0 Å². The minimum atomic E-state index is 0.0815. The van der Waals surface area contributed by atoms with Gasteiger partial charge in [-0.15, -0.1) is 11.8 Å². The first-order valence-corrected chi connectivity index (χ1v) is 7.06. The van der Waals surface area contributed by atoms with Crippen molar-refractivity contribution in [2.75, 3.05) is 6.54 Å². The minimum Gasteiger partial charge on any atom is -0.355 e. The van der Waals surface area contributed by atoms with Gasteiger partial charge in [0, 0.05) is 11.4 Å². The van der Waals surface area contributed by atoms with Crippen molar-refractivity contribution in [1.82, 2.24) is 5.32 Å². The summed E-state index contributed by atoms with van der Waals surface area (Å²) in [5.74, 6) is 0.202. The van der Waals surface area contributed by atoms with Crippen LogP contribution in [0.25, 0.3) is 0 Å².